The maximum absolute atomic E-state index is 11.9. The van der Waals surface area contributed by atoms with Gasteiger partial charge in [-0.3, -0.25) is 14.9 Å². The first-order chi connectivity index (χ1) is 8.95. The molecule has 7 nitrogen and oxygen atoms in total. The number of nitro benzene ring substituents is 1. The zero-order valence-electron chi connectivity index (χ0n) is 10.8. The number of carbonyl (C=O) groups is 1. The number of hydrogen-bond donors (Lipinski definition) is 2. The molecule has 0 saturated carbocycles. The van der Waals surface area contributed by atoms with Crippen LogP contribution in [0.4, 0.5) is 5.69 Å². The zero-order chi connectivity index (χ0) is 14.4. The van der Waals surface area contributed by atoms with Crippen LogP contribution in [0.25, 0.3) is 0 Å². The molecule has 0 aliphatic heterocycles. The molecule has 1 amide bonds. The van der Waals surface area contributed by atoms with E-state index >= 15 is 0 Å². The van der Waals surface area contributed by atoms with Crippen molar-refractivity contribution in [2.24, 2.45) is 0 Å². The van der Waals surface area contributed by atoms with Gasteiger partial charge in [0.05, 0.1) is 11.5 Å². The van der Waals surface area contributed by atoms with Gasteiger partial charge in [0.2, 0.25) is 0 Å². The van der Waals surface area contributed by atoms with E-state index in [1.807, 2.05) is 6.92 Å². The van der Waals surface area contributed by atoms with Gasteiger partial charge in [-0.2, -0.15) is 0 Å². The smallest absolute Gasteiger partial charge is 0.282 e. The van der Waals surface area contributed by atoms with Crippen LogP contribution in [-0.2, 0) is 4.74 Å². The summed E-state index contributed by atoms with van der Waals surface area (Å²) in [6.07, 6.45) is 0. The number of amides is 1. The van der Waals surface area contributed by atoms with Gasteiger partial charge in [0, 0.05) is 18.7 Å². The summed E-state index contributed by atoms with van der Waals surface area (Å²) in [4.78, 5) is 22.1. The lowest BCUT2D eigenvalue weighted by molar-refractivity contribution is -0.385. The normalized spacial score (nSPS) is 11.9. The van der Waals surface area contributed by atoms with E-state index in [-0.39, 0.29) is 23.0 Å². The number of ether oxygens (including phenoxy) is 1. The van der Waals surface area contributed by atoms with Crippen molar-refractivity contribution in [1.29, 1.82) is 0 Å². The van der Waals surface area contributed by atoms with E-state index in [1.165, 1.54) is 6.07 Å². The number of phenols is 1. The molecule has 0 spiro atoms. The summed E-state index contributed by atoms with van der Waals surface area (Å²) in [5.41, 5.74) is -0.521. The number of benzene rings is 1. The highest BCUT2D eigenvalue weighted by Crippen LogP contribution is 2.23. The molecule has 104 valence electrons. The number of nitro groups is 1. The van der Waals surface area contributed by atoms with Crippen LogP contribution >= 0.6 is 0 Å². The molecule has 0 saturated heterocycles. The molecule has 1 aromatic carbocycles. The van der Waals surface area contributed by atoms with E-state index in [9.17, 15) is 20.0 Å². The summed E-state index contributed by atoms with van der Waals surface area (Å²) >= 11 is 0. The average Bonchev–Trinajstić information content (AvgIpc) is 2.35. The summed E-state index contributed by atoms with van der Waals surface area (Å²) < 4.78 is 5.14. The van der Waals surface area contributed by atoms with Crippen molar-refractivity contribution >= 4 is 11.6 Å². The summed E-state index contributed by atoms with van der Waals surface area (Å²) in [5.74, 6) is -0.817. The predicted octanol–water partition coefficient (Wildman–Crippen LogP) is 1.46. The van der Waals surface area contributed by atoms with Crippen molar-refractivity contribution in [2.75, 3.05) is 13.2 Å². The first-order valence-corrected chi connectivity index (χ1v) is 5.81. The number of carbonyl (C=O) groups excluding carboxylic acids is 1. The number of aromatic hydroxyl groups is 1. The number of hydrogen-bond acceptors (Lipinski definition) is 5. The fourth-order valence-electron chi connectivity index (χ4n) is 1.50. The second kappa shape index (κ2) is 6.69. The van der Waals surface area contributed by atoms with E-state index in [0.717, 1.165) is 12.1 Å². The zero-order valence-corrected chi connectivity index (χ0v) is 10.8. The van der Waals surface area contributed by atoms with Gasteiger partial charge in [-0.25, -0.2) is 0 Å². The van der Waals surface area contributed by atoms with E-state index in [1.54, 1.807) is 6.92 Å². The van der Waals surface area contributed by atoms with Crippen molar-refractivity contribution in [2.45, 2.75) is 19.9 Å². The third-order valence-electron chi connectivity index (χ3n) is 2.37. The van der Waals surface area contributed by atoms with Crippen LogP contribution in [0, 0.1) is 10.1 Å². The highest BCUT2D eigenvalue weighted by molar-refractivity contribution is 5.98. The van der Waals surface area contributed by atoms with Crippen LogP contribution in [0.15, 0.2) is 18.2 Å². The Morgan fingerprint density at radius 1 is 1.58 bits per heavy atom. The Labute approximate surface area is 110 Å². The highest BCUT2D eigenvalue weighted by atomic mass is 16.6. The molecule has 2 N–H and O–H groups in total. The summed E-state index contributed by atoms with van der Waals surface area (Å²) in [5, 5.41) is 22.7. The maximum atomic E-state index is 11.9. The van der Waals surface area contributed by atoms with Gasteiger partial charge in [0.25, 0.3) is 11.6 Å². The summed E-state index contributed by atoms with van der Waals surface area (Å²) in [7, 11) is 0. The maximum Gasteiger partial charge on any atom is 0.282 e. The van der Waals surface area contributed by atoms with Gasteiger partial charge in [-0.1, -0.05) is 0 Å². The summed E-state index contributed by atoms with van der Waals surface area (Å²) in [6.45, 7) is 4.39. The van der Waals surface area contributed by atoms with Crippen molar-refractivity contribution in [3.8, 4) is 5.75 Å². The molecule has 1 unspecified atom stereocenters. The minimum atomic E-state index is -0.665. The Balaban J connectivity index is 2.86. The van der Waals surface area contributed by atoms with E-state index in [4.69, 9.17) is 4.74 Å². The quantitative estimate of drug-likeness (QED) is 0.600. The van der Waals surface area contributed by atoms with Crippen LogP contribution in [0.5, 0.6) is 5.75 Å². The van der Waals surface area contributed by atoms with Gasteiger partial charge in [0.15, 0.2) is 0 Å². The Morgan fingerprint density at radius 2 is 2.26 bits per heavy atom. The van der Waals surface area contributed by atoms with E-state index < -0.39 is 10.8 Å². The predicted molar refractivity (Wildman–Crippen MR) is 68.2 cm³/mol. The molecule has 0 heterocycles. The van der Waals surface area contributed by atoms with Gasteiger partial charge < -0.3 is 15.2 Å². The largest absolute Gasteiger partial charge is 0.508 e. The van der Waals surface area contributed by atoms with Crippen LogP contribution < -0.4 is 5.32 Å². The molecular formula is C12H16N2O5. The first-order valence-electron chi connectivity index (χ1n) is 5.81. The summed E-state index contributed by atoms with van der Waals surface area (Å²) in [6, 6.07) is 3.05. The van der Waals surface area contributed by atoms with E-state index in [2.05, 4.69) is 5.32 Å². The van der Waals surface area contributed by atoms with Gasteiger partial charge in [0.1, 0.15) is 11.3 Å². The van der Waals surface area contributed by atoms with Crippen LogP contribution in [0.1, 0.15) is 24.2 Å². The van der Waals surface area contributed by atoms with E-state index in [0.29, 0.717) is 13.2 Å². The van der Waals surface area contributed by atoms with Crippen LogP contribution in [-0.4, -0.2) is 35.2 Å². The van der Waals surface area contributed by atoms with Gasteiger partial charge >= 0.3 is 0 Å². The highest BCUT2D eigenvalue weighted by Gasteiger charge is 2.21. The Kier molecular flexibility index (Phi) is 5.25. The SMILES string of the molecule is CCOCC(C)NC(=O)c1cc(O)ccc1[N+](=O)[O-]. The fourth-order valence-corrected chi connectivity index (χ4v) is 1.50. The molecule has 7 heteroatoms. The van der Waals surface area contributed by atoms with Crippen LogP contribution in [0.2, 0.25) is 0 Å². The molecule has 1 aromatic rings. The van der Waals surface area contributed by atoms with Crippen LogP contribution in [0.3, 0.4) is 0 Å². The lowest BCUT2D eigenvalue weighted by atomic mass is 10.1. The molecular weight excluding hydrogens is 252 g/mol. The van der Waals surface area contributed by atoms with Gasteiger partial charge in [-0.15, -0.1) is 0 Å². The number of nitrogens with zero attached hydrogens (tertiary/aromatic N) is 1. The fraction of sp³-hybridized carbons (Fsp3) is 0.417. The van der Waals surface area contributed by atoms with Crippen molar-refractivity contribution in [3.63, 3.8) is 0 Å². The molecule has 0 bridgehead atoms. The number of nitrogens with one attached hydrogen (secondary N) is 1. The third-order valence-corrected chi connectivity index (χ3v) is 2.37. The minimum Gasteiger partial charge on any atom is -0.508 e. The monoisotopic (exact) mass is 268 g/mol. The molecule has 0 fully saturated rings. The average molecular weight is 268 g/mol. The molecule has 0 aromatic heterocycles. The van der Waals surface area contributed by atoms with Crippen molar-refractivity contribution in [3.05, 3.63) is 33.9 Å². The lowest BCUT2D eigenvalue weighted by Gasteiger charge is -2.13. The molecule has 19 heavy (non-hydrogen) atoms. The molecule has 0 aliphatic carbocycles. The lowest BCUT2D eigenvalue weighted by Crippen LogP contribution is -2.36. The molecule has 1 rings (SSSR count). The minimum absolute atomic E-state index is 0.173. The first kappa shape index (κ1) is 14.9. The number of rotatable bonds is 6. The van der Waals surface area contributed by atoms with Gasteiger partial charge in [-0.05, 0) is 26.0 Å². The van der Waals surface area contributed by atoms with Crippen molar-refractivity contribution < 1.29 is 19.6 Å². The molecule has 1 atom stereocenters. The Bertz CT molecular complexity index is 475. The number of phenolic OH excluding ortho intramolecular Hbond substituents is 1. The van der Waals surface area contributed by atoms with Crippen molar-refractivity contribution in [1.82, 2.24) is 5.32 Å². The molecule has 0 aliphatic rings. The Morgan fingerprint density at radius 3 is 2.84 bits per heavy atom. The Hall–Kier alpha value is -2.15. The third kappa shape index (κ3) is 4.22. The standard InChI is InChI=1S/C12H16N2O5/c1-3-19-7-8(2)13-12(16)10-6-9(15)4-5-11(10)14(17)18/h4-6,8,15H,3,7H2,1-2H3,(H,13,16). The second-order valence-electron chi connectivity index (χ2n) is 3.99. The molecule has 0 radical (unpaired) electrons. The second-order valence-corrected chi connectivity index (χ2v) is 3.99. The topological polar surface area (TPSA) is 102 Å².